The highest BCUT2D eigenvalue weighted by Gasteiger charge is 2.25. The van der Waals surface area contributed by atoms with E-state index in [4.69, 9.17) is 11.6 Å². The minimum absolute atomic E-state index is 0.185. The Labute approximate surface area is 170 Å². The van der Waals surface area contributed by atoms with E-state index in [-0.39, 0.29) is 5.91 Å². The summed E-state index contributed by atoms with van der Waals surface area (Å²) < 4.78 is 0. The van der Waals surface area contributed by atoms with E-state index in [0.717, 1.165) is 11.1 Å². The normalized spacial score (nSPS) is 12.1. The number of amides is 1. The zero-order chi connectivity index (χ0) is 19.5. The van der Waals surface area contributed by atoms with Gasteiger partial charge in [-0.2, -0.15) is 0 Å². The molecule has 0 saturated heterocycles. The standard InChI is InChI=1S/C20H16ClN5OS/c1-12-6-5-9-14(15(12)21)26-19(27)17(13-7-3-2-4-8-13)28-20-16-18(23-10-22-16)24-11-25-20/h2-11,17H,1H3,(H,26,27)(H,22,23,24,25)/t17-/m1/s1. The molecule has 2 N–H and O–H groups in total. The van der Waals surface area contributed by atoms with Gasteiger partial charge in [-0.25, -0.2) is 15.0 Å². The van der Waals surface area contributed by atoms with E-state index in [1.807, 2.05) is 49.4 Å². The smallest absolute Gasteiger partial charge is 0.242 e. The highest BCUT2D eigenvalue weighted by molar-refractivity contribution is 8.00. The van der Waals surface area contributed by atoms with Crippen molar-refractivity contribution < 1.29 is 4.79 Å². The van der Waals surface area contributed by atoms with Gasteiger partial charge in [-0.05, 0) is 24.1 Å². The summed E-state index contributed by atoms with van der Waals surface area (Å²) in [5.41, 5.74) is 3.61. The Bertz CT molecular complexity index is 1130. The molecule has 8 heteroatoms. The highest BCUT2D eigenvalue weighted by Crippen LogP contribution is 2.38. The van der Waals surface area contributed by atoms with Crippen LogP contribution in [-0.2, 0) is 4.79 Å². The van der Waals surface area contributed by atoms with Gasteiger partial charge in [0.25, 0.3) is 0 Å². The van der Waals surface area contributed by atoms with E-state index in [1.54, 1.807) is 12.4 Å². The van der Waals surface area contributed by atoms with Crippen molar-refractivity contribution in [1.29, 1.82) is 0 Å². The van der Waals surface area contributed by atoms with Crippen molar-refractivity contribution in [2.75, 3.05) is 5.32 Å². The summed E-state index contributed by atoms with van der Waals surface area (Å²) in [5, 5.41) is 3.61. The average molecular weight is 410 g/mol. The number of anilines is 1. The molecule has 0 bridgehead atoms. The summed E-state index contributed by atoms with van der Waals surface area (Å²) in [6.07, 6.45) is 3.01. The first-order chi connectivity index (χ1) is 13.6. The lowest BCUT2D eigenvalue weighted by molar-refractivity contribution is -0.115. The SMILES string of the molecule is Cc1cccc(NC(=O)[C@H](Sc2ncnc3nc[nH]c23)c2ccccc2)c1Cl. The van der Waals surface area contributed by atoms with Gasteiger partial charge in [0.1, 0.15) is 22.1 Å². The number of imidazole rings is 1. The molecule has 0 saturated carbocycles. The minimum Gasteiger partial charge on any atom is -0.341 e. The number of fused-ring (bicyclic) bond motifs is 1. The number of hydrogen-bond acceptors (Lipinski definition) is 5. The number of aromatic amines is 1. The maximum Gasteiger partial charge on any atom is 0.242 e. The zero-order valence-corrected chi connectivity index (χ0v) is 16.5. The van der Waals surface area contributed by atoms with E-state index < -0.39 is 5.25 Å². The van der Waals surface area contributed by atoms with Gasteiger partial charge in [-0.15, -0.1) is 0 Å². The second kappa shape index (κ2) is 8.00. The molecule has 2 heterocycles. The number of rotatable bonds is 5. The molecule has 0 aliphatic heterocycles. The molecule has 0 aliphatic rings. The summed E-state index contributed by atoms with van der Waals surface area (Å²) in [6, 6.07) is 15.1. The molecule has 0 spiro atoms. The Morgan fingerprint density at radius 1 is 1.11 bits per heavy atom. The lowest BCUT2D eigenvalue weighted by Gasteiger charge is -2.17. The third kappa shape index (κ3) is 3.72. The summed E-state index contributed by atoms with van der Waals surface area (Å²) in [6.45, 7) is 1.90. The fraction of sp³-hybridized carbons (Fsp3) is 0.100. The maximum atomic E-state index is 13.2. The van der Waals surface area contributed by atoms with Gasteiger partial charge in [0, 0.05) is 0 Å². The number of carbonyl (C=O) groups is 1. The Morgan fingerprint density at radius 3 is 2.75 bits per heavy atom. The molecule has 4 rings (SSSR count). The summed E-state index contributed by atoms with van der Waals surface area (Å²) in [5.74, 6) is -0.185. The molecule has 0 fully saturated rings. The molecule has 4 aromatic rings. The number of nitrogens with one attached hydrogen (secondary N) is 2. The second-order valence-corrected chi connectivity index (χ2v) is 7.59. The number of hydrogen-bond donors (Lipinski definition) is 2. The largest absolute Gasteiger partial charge is 0.341 e. The molecular weight excluding hydrogens is 394 g/mol. The molecule has 1 amide bonds. The molecule has 2 aromatic carbocycles. The van der Waals surface area contributed by atoms with Crippen molar-refractivity contribution in [1.82, 2.24) is 19.9 Å². The van der Waals surface area contributed by atoms with Gasteiger partial charge in [-0.3, -0.25) is 4.79 Å². The summed E-state index contributed by atoms with van der Waals surface area (Å²) >= 11 is 7.69. The molecule has 1 atom stereocenters. The van der Waals surface area contributed by atoms with Crippen LogP contribution in [0.4, 0.5) is 5.69 Å². The van der Waals surface area contributed by atoms with Gasteiger partial charge in [0.05, 0.1) is 17.0 Å². The van der Waals surface area contributed by atoms with Crippen LogP contribution in [0.15, 0.2) is 66.2 Å². The summed E-state index contributed by atoms with van der Waals surface area (Å²) in [7, 11) is 0. The zero-order valence-electron chi connectivity index (χ0n) is 14.9. The first-order valence-electron chi connectivity index (χ1n) is 8.55. The van der Waals surface area contributed by atoms with Crippen LogP contribution in [0, 0.1) is 6.92 Å². The number of benzene rings is 2. The van der Waals surface area contributed by atoms with Gasteiger partial charge < -0.3 is 10.3 Å². The molecule has 0 radical (unpaired) electrons. The van der Waals surface area contributed by atoms with Crippen LogP contribution in [-0.4, -0.2) is 25.8 Å². The number of nitrogens with zero attached hydrogens (tertiary/aromatic N) is 3. The predicted octanol–water partition coefficient (Wildman–Crippen LogP) is 4.79. The van der Waals surface area contributed by atoms with E-state index in [1.165, 1.54) is 18.1 Å². The van der Waals surface area contributed by atoms with Gasteiger partial charge >= 0.3 is 0 Å². The fourth-order valence-electron chi connectivity index (χ4n) is 2.79. The first-order valence-corrected chi connectivity index (χ1v) is 9.81. The van der Waals surface area contributed by atoms with Crippen LogP contribution in [0.2, 0.25) is 5.02 Å². The molecule has 6 nitrogen and oxygen atoms in total. The van der Waals surface area contributed by atoms with Crippen molar-refractivity contribution in [3.05, 3.63) is 77.3 Å². The number of thioether (sulfide) groups is 1. The van der Waals surface area contributed by atoms with Gasteiger partial charge in [0.2, 0.25) is 5.91 Å². The van der Waals surface area contributed by atoms with Gasteiger partial charge in [0.15, 0.2) is 5.65 Å². The van der Waals surface area contributed by atoms with Crippen molar-refractivity contribution in [2.45, 2.75) is 17.2 Å². The Kier molecular flexibility index (Phi) is 5.27. The molecule has 0 aliphatic carbocycles. The number of carbonyl (C=O) groups excluding carboxylic acids is 1. The topological polar surface area (TPSA) is 83.6 Å². The number of aryl methyl sites for hydroxylation is 1. The third-order valence-electron chi connectivity index (χ3n) is 4.21. The highest BCUT2D eigenvalue weighted by atomic mass is 35.5. The van der Waals surface area contributed by atoms with E-state index in [2.05, 4.69) is 25.3 Å². The van der Waals surface area contributed by atoms with Crippen molar-refractivity contribution in [3.8, 4) is 0 Å². The Balaban J connectivity index is 1.69. The minimum atomic E-state index is -0.529. The van der Waals surface area contributed by atoms with E-state index in [0.29, 0.717) is 26.9 Å². The van der Waals surface area contributed by atoms with Crippen molar-refractivity contribution in [3.63, 3.8) is 0 Å². The quantitative estimate of drug-likeness (QED) is 0.366. The first kappa shape index (κ1) is 18.5. The molecule has 0 unspecified atom stereocenters. The molecule has 28 heavy (non-hydrogen) atoms. The van der Waals surface area contributed by atoms with Crippen LogP contribution in [0.3, 0.4) is 0 Å². The average Bonchev–Trinajstić information content (AvgIpc) is 3.20. The predicted molar refractivity (Wildman–Crippen MR) is 112 cm³/mol. The Hall–Kier alpha value is -2.90. The lowest BCUT2D eigenvalue weighted by atomic mass is 10.1. The van der Waals surface area contributed by atoms with Crippen LogP contribution in [0.25, 0.3) is 11.2 Å². The molecule has 140 valence electrons. The Morgan fingerprint density at radius 2 is 1.93 bits per heavy atom. The number of aromatic nitrogens is 4. The van der Waals surface area contributed by atoms with Crippen LogP contribution >= 0.6 is 23.4 Å². The van der Waals surface area contributed by atoms with E-state index >= 15 is 0 Å². The van der Waals surface area contributed by atoms with Gasteiger partial charge in [-0.1, -0.05) is 65.8 Å². The van der Waals surface area contributed by atoms with Crippen LogP contribution in [0.5, 0.6) is 0 Å². The second-order valence-electron chi connectivity index (χ2n) is 6.11. The van der Waals surface area contributed by atoms with E-state index in [9.17, 15) is 4.79 Å². The molecule has 2 aromatic heterocycles. The number of halogens is 1. The summed E-state index contributed by atoms with van der Waals surface area (Å²) in [4.78, 5) is 28.9. The number of H-pyrrole nitrogens is 1. The van der Waals surface area contributed by atoms with Crippen LogP contribution < -0.4 is 5.32 Å². The molecular formula is C20H16ClN5OS. The third-order valence-corrected chi connectivity index (χ3v) is 5.96. The van der Waals surface area contributed by atoms with Crippen molar-refractivity contribution in [2.24, 2.45) is 0 Å². The monoisotopic (exact) mass is 409 g/mol. The maximum absolute atomic E-state index is 13.2. The van der Waals surface area contributed by atoms with Crippen LogP contribution in [0.1, 0.15) is 16.4 Å². The fourth-order valence-corrected chi connectivity index (χ4v) is 4.02. The lowest BCUT2D eigenvalue weighted by Crippen LogP contribution is -2.19. The van der Waals surface area contributed by atoms with Crippen molar-refractivity contribution >= 4 is 46.1 Å².